The van der Waals surface area contributed by atoms with Gasteiger partial charge in [-0.05, 0) is 43.4 Å². The molecule has 0 spiro atoms. The maximum Gasteiger partial charge on any atom is 0.237 e. The Morgan fingerprint density at radius 2 is 2.22 bits per heavy atom. The number of nitrogens with one attached hydrogen (secondary N) is 2. The molecule has 0 radical (unpaired) electrons. The Bertz CT molecular complexity index is 288. The minimum Gasteiger partial charge on any atom is -0.354 e. The van der Waals surface area contributed by atoms with Crippen molar-refractivity contribution >= 4 is 17.7 Å². The lowest BCUT2D eigenvalue weighted by molar-refractivity contribution is -0.126. The van der Waals surface area contributed by atoms with Gasteiger partial charge in [0.05, 0.1) is 6.04 Å². The third kappa shape index (κ3) is 3.64. The van der Waals surface area contributed by atoms with Crippen molar-refractivity contribution in [1.82, 2.24) is 10.6 Å². The second kappa shape index (κ2) is 6.29. The van der Waals surface area contributed by atoms with E-state index in [9.17, 15) is 4.79 Å². The van der Waals surface area contributed by atoms with E-state index in [0.717, 1.165) is 19.5 Å². The summed E-state index contributed by atoms with van der Waals surface area (Å²) in [4.78, 5) is 12.3. The molecule has 3 nitrogen and oxygen atoms in total. The van der Waals surface area contributed by atoms with E-state index in [-0.39, 0.29) is 17.4 Å². The van der Waals surface area contributed by atoms with Crippen LogP contribution in [0.15, 0.2) is 0 Å². The van der Waals surface area contributed by atoms with Crippen molar-refractivity contribution in [2.24, 2.45) is 5.41 Å². The summed E-state index contributed by atoms with van der Waals surface area (Å²) < 4.78 is 0. The number of amides is 1. The fourth-order valence-electron chi connectivity index (χ4n) is 2.94. The van der Waals surface area contributed by atoms with E-state index < -0.39 is 0 Å². The summed E-state index contributed by atoms with van der Waals surface area (Å²) in [5, 5.41) is 7.17. The Labute approximate surface area is 115 Å². The SMILES string of the molecule is CC1(C)CCCNC1C(=O)NCC1CCCCS1. The van der Waals surface area contributed by atoms with Crippen molar-refractivity contribution in [3.63, 3.8) is 0 Å². The Kier molecular flexibility index (Phi) is 4.96. The highest BCUT2D eigenvalue weighted by molar-refractivity contribution is 7.99. The van der Waals surface area contributed by atoms with Gasteiger partial charge in [0.2, 0.25) is 5.91 Å². The number of piperidine rings is 1. The van der Waals surface area contributed by atoms with E-state index in [0.29, 0.717) is 5.25 Å². The molecule has 4 heteroatoms. The third-order valence-corrected chi connectivity index (χ3v) is 5.57. The molecule has 0 aromatic heterocycles. The van der Waals surface area contributed by atoms with E-state index in [1.165, 1.54) is 31.4 Å². The summed E-state index contributed by atoms with van der Waals surface area (Å²) in [7, 11) is 0. The number of hydrogen-bond acceptors (Lipinski definition) is 3. The average Bonchev–Trinajstić information content (AvgIpc) is 2.37. The highest BCUT2D eigenvalue weighted by atomic mass is 32.2. The van der Waals surface area contributed by atoms with Crippen LogP contribution >= 0.6 is 11.8 Å². The molecule has 2 fully saturated rings. The summed E-state index contributed by atoms with van der Waals surface area (Å²) in [6.45, 7) is 6.20. The first kappa shape index (κ1) is 14.2. The lowest BCUT2D eigenvalue weighted by atomic mass is 9.77. The quantitative estimate of drug-likeness (QED) is 0.826. The van der Waals surface area contributed by atoms with E-state index in [2.05, 4.69) is 24.5 Å². The van der Waals surface area contributed by atoms with Crippen LogP contribution in [-0.4, -0.2) is 36.0 Å². The highest BCUT2D eigenvalue weighted by Crippen LogP contribution is 2.30. The first-order chi connectivity index (χ1) is 8.59. The molecule has 2 heterocycles. The number of rotatable bonds is 3. The van der Waals surface area contributed by atoms with E-state index in [1.807, 2.05) is 11.8 Å². The van der Waals surface area contributed by atoms with Gasteiger partial charge >= 0.3 is 0 Å². The second-order valence-corrected chi connectivity index (χ2v) is 7.62. The molecule has 2 N–H and O–H groups in total. The molecule has 2 aliphatic heterocycles. The zero-order chi connectivity index (χ0) is 13.0. The predicted octanol–water partition coefficient (Wildman–Crippen LogP) is 2.17. The Hall–Kier alpha value is -0.220. The van der Waals surface area contributed by atoms with Gasteiger partial charge in [-0.2, -0.15) is 11.8 Å². The van der Waals surface area contributed by atoms with Crippen LogP contribution in [-0.2, 0) is 4.79 Å². The molecular weight excluding hydrogens is 244 g/mol. The molecule has 0 aromatic carbocycles. The second-order valence-electron chi connectivity index (χ2n) is 6.21. The van der Waals surface area contributed by atoms with E-state index >= 15 is 0 Å². The molecular formula is C14H26N2OS. The van der Waals surface area contributed by atoms with Gasteiger partial charge in [0, 0.05) is 11.8 Å². The van der Waals surface area contributed by atoms with E-state index in [4.69, 9.17) is 0 Å². The molecule has 2 rings (SSSR count). The van der Waals surface area contributed by atoms with Crippen molar-refractivity contribution in [3.8, 4) is 0 Å². The number of carbonyl (C=O) groups excluding carboxylic acids is 1. The molecule has 104 valence electrons. The largest absolute Gasteiger partial charge is 0.354 e. The monoisotopic (exact) mass is 270 g/mol. The summed E-state index contributed by atoms with van der Waals surface area (Å²) in [5.74, 6) is 1.46. The Balaban J connectivity index is 1.79. The van der Waals surface area contributed by atoms with Crippen LogP contribution in [0, 0.1) is 5.41 Å². The van der Waals surface area contributed by atoms with Crippen LogP contribution in [0.3, 0.4) is 0 Å². The summed E-state index contributed by atoms with van der Waals surface area (Å²) in [6.07, 6.45) is 6.23. The van der Waals surface area contributed by atoms with Gasteiger partial charge in [0.25, 0.3) is 0 Å². The average molecular weight is 270 g/mol. The van der Waals surface area contributed by atoms with Crippen LogP contribution < -0.4 is 10.6 Å². The minimum absolute atomic E-state index is 0.0140. The van der Waals surface area contributed by atoms with Gasteiger partial charge in [-0.1, -0.05) is 20.3 Å². The third-order valence-electron chi connectivity index (χ3n) is 4.17. The molecule has 18 heavy (non-hydrogen) atoms. The topological polar surface area (TPSA) is 41.1 Å². The maximum atomic E-state index is 12.3. The molecule has 0 saturated carbocycles. The van der Waals surface area contributed by atoms with Gasteiger partial charge in [0.1, 0.15) is 0 Å². The van der Waals surface area contributed by atoms with Crippen molar-refractivity contribution in [2.45, 2.75) is 57.2 Å². The lowest BCUT2D eigenvalue weighted by Crippen LogP contribution is -2.56. The number of thioether (sulfide) groups is 1. The smallest absolute Gasteiger partial charge is 0.237 e. The predicted molar refractivity (Wildman–Crippen MR) is 77.9 cm³/mol. The molecule has 2 unspecified atom stereocenters. The molecule has 2 aliphatic rings. The summed E-state index contributed by atoms with van der Waals surface area (Å²) >= 11 is 2.02. The minimum atomic E-state index is -0.0140. The fourth-order valence-corrected chi connectivity index (χ4v) is 4.18. The van der Waals surface area contributed by atoms with Crippen molar-refractivity contribution in [2.75, 3.05) is 18.8 Å². The molecule has 2 saturated heterocycles. The van der Waals surface area contributed by atoms with Crippen molar-refractivity contribution < 1.29 is 4.79 Å². The first-order valence-corrected chi connectivity index (χ1v) is 8.27. The van der Waals surface area contributed by atoms with Crippen molar-refractivity contribution in [1.29, 1.82) is 0 Å². The Morgan fingerprint density at radius 1 is 1.39 bits per heavy atom. The molecule has 0 bridgehead atoms. The van der Waals surface area contributed by atoms with Gasteiger partial charge in [-0.25, -0.2) is 0 Å². The van der Waals surface area contributed by atoms with Crippen LogP contribution in [0.4, 0.5) is 0 Å². The summed E-state index contributed by atoms with van der Waals surface area (Å²) in [5.41, 5.74) is 0.0854. The van der Waals surface area contributed by atoms with Gasteiger partial charge in [-0.3, -0.25) is 4.79 Å². The normalized spacial score (nSPS) is 31.9. The standard InChI is InChI=1S/C14H26N2OS/c1-14(2)7-5-8-15-12(14)13(17)16-10-11-6-3-4-9-18-11/h11-12,15H,3-10H2,1-2H3,(H,16,17). The molecule has 2 atom stereocenters. The number of carbonyl (C=O) groups is 1. The van der Waals surface area contributed by atoms with Gasteiger partial charge < -0.3 is 10.6 Å². The number of hydrogen-bond donors (Lipinski definition) is 2. The van der Waals surface area contributed by atoms with Gasteiger partial charge in [-0.15, -0.1) is 0 Å². The van der Waals surface area contributed by atoms with Crippen LogP contribution in [0.25, 0.3) is 0 Å². The zero-order valence-electron chi connectivity index (χ0n) is 11.6. The first-order valence-electron chi connectivity index (χ1n) is 7.22. The lowest BCUT2D eigenvalue weighted by Gasteiger charge is -2.38. The fraction of sp³-hybridized carbons (Fsp3) is 0.929. The van der Waals surface area contributed by atoms with E-state index in [1.54, 1.807) is 0 Å². The van der Waals surface area contributed by atoms with Crippen LogP contribution in [0.1, 0.15) is 46.0 Å². The summed E-state index contributed by atoms with van der Waals surface area (Å²) in [6, 6.07) is -0.0140. The zero-order valence-corrected chi connectivity index (χ0v) is 12.4. The Morgan fingerprint density at radius 3 is 2.89 bits per heavy atom. The van der Waals surface area contributed by atoms with Crippen molar-refractivity contribution in [3.05, 3.63) is 0 Å². The maximum absolute atomic E-state index is 12.3. The highest BCUT2D eigenvalue weighted by Gasteiger charge is 2.37. The van der Waals surface area contributed by atoms with Crippen LogP contribution in [0.5, 0.6) is 0 Å². The van der Waals surface area contributed by atoms with Crippen LogP contribution in [0.2, 0.25) is 0 Å². The molecule has 1 amide bonds. The van der Waals surface area contributed by atoms with Gasteiger partial charge in [0.15, 0.2) is 0 Å². The molecule has 0 aromatic rings. The molecule has 0 aliphatic carbocycles.